The van der Waals surface area contributed by atoms with E-state index in [2.05, 4.69) is 0 Å². The van der Waals surface area contributed by atoms with Crippen LogP contribution < -0.4 is 0 Å². The van der Waals surface area contributed by atoms with Gasteiger partial charge in [0.2, 0.25) is 0 Å². The summed E-state index contributed by atoms with van der Waals surface area (Å²) in [6.07, 6.45) is 3.62. The molecule has 2 aromatic rings. The van der Waals surface area contributed by atoms with Crippen molar-refractivity contribution in [1.82, 2.24) is 4.90 Å². The lowest BCUT2D eigenvalue weighted by molar-refractivity contribution is -0.384. The van der Waals surface area contributed by atoms with Crippen molar-refractivity contribution in [3.63, 3.8) is 0 Å². The molecule has 0 radical (unpaired) electrons. The predicted molar refractivity (Wildman–Crippen MR) is 125 cm³/mol. The Labute approximate surface area is 195 Å². The molecule has 3 rings (SSSR count). The Kier molecular flexibility index (Phi) is 7.42. The van der Waals surface area contributed by atoms with Crippen molar-refractivity contribution in [2.75, 3.05) is 12.0 Å². The predicted octanol–water partition coefficient (Wildman–Crippen LogP) is 4.92. The van der Waals surface area contributed by atoms with Crippen LogP contribution in [0.2, 0.25) is 5.02 Å². The topological polar surface area (TPSA) is 114 Å². The highest BCUT2D eigenvalue weighted by Gasteiger charge is 2.40. The summed E-state index contributed by atoms with van der Waals surface area (Å²) in [7, 11) is 0. The summed E-state index contributed by atoms with van der Waals surface area (Å²) in [6, 6.07) is 6.23. The van der Waals surface area contributed by atoms with Gasteiger partial charge >= 0.3 is 5.97 Å². The Morgan fingerprint density at radius 3 is 2.81 bits per heavy atom. The van der Waals surface area contributed by atoms with E-state index in [1.807, 2.05) is 6.26 Å². The van der Waals surface area contributed by atoms with E-state index in [4.69, 9.17) is 28.2 Å². The third-order valence-electron chi connectivity index (χ3n) is 4.34. The van der Waals surface area contributed by atoms with Gasteiger partial charge in [0.25, 0.3) is 11.6 Å². The maximum Gasteiger partial charge on any atom is 0.326 e. The van der Waals surface area contributed by atoms with Crippen LogP contribution in [-0.2, 0) is 9.59 Å². The molecule has 162 valence electrons. The molecule has 1 aromatic carbocycles. The Morgan fingerprint density at radius 2 is 2.19 bits per heavy atom. The van der Waals surface area contributed by atoms with Crippen LogP contribution in [-0.4, -0.2) is 49.2 Å². The molecule has 2 heterocycles. The summed E-state index contributed by atoms with van der Waals surface area (Å²) in [5.41, 5.74) is 0.320. The van der Waals surface area contributed by atoms with Gasteiger partial charge in [-0.2, -0.15) is 11.8 Å². The molecule has 1 aliphatic rings. The molecular weight excluding hydrogens is 484 g/mol. The number of carbonyl (C=O) groups is 2. The van der Waals surface area contributed by atoms with Crippen molar-refractivity contribution >= 4 is 75.3 Å². The van der Waals surface area contributed by atoms with E-state index < -0.39 is 22.8 Å². The number of benzene rings is 1. The summed E-state index contributed by atoms with van der Waals surface area (Å²) >= 11 is 13.9. The van der Waals surface area contributed by atoms with E-state index in [-0.39, 0.29) is 26.4 Å². The van der Waals surface area contributed by atoms with E-state index in [1.165, 1.54) is 36.0 Å². The number of furan rings is 1. The van der Waals surface area contributed by atoms with Crippen molar-refractivity contribution in [2.24, 2.45) is 0 Å². The highest BCUT2D eigenvalue weighted by molar-refractivity contribution is 8.26. The number of nitrogens with zero attached hydrogens (tertiary/aromatic N) is 2. The molecule has 1 unspecified atom stereocenters. The molecule has 0 spiro atoms. The standard InChI is InChI=1S/C19H15ClN2O6S3/c1-30-7-6-14(18(24)25)21-17(23)16(31-19(21)29)9-11-3-5-15(28-11)12-4-2-10(22(26)27)8-13(12)20/h2-5,8-9,14H,6-7H2,1H3,(H,24,25). The van der Waals surface area contributed by atoms with Crippen LogP contribution in [0, 0.1) is 10.1 Å². The Bertz CT molecular complexity index is 1100. The number of hydrogen-bond acceptors (Lipinski definition) is 8. The lowest BCUT2D eigenvalue weighted by atomic mass is 10.1. The van der Waals surface area contributed by atoms with Crippen LogP contribution in [0.15, 0.2) is 39.7 Å². The van der Waals surface area contributed by atoms with Gasteiger partial charge in [-0.25, -0.2) is 4.79 Å². The number of carbonyl (C=O) groups excluding carboxylic acids is 1. The molecule has 1 atom stereocenters. The number of carboxylic acids is 1. The maximum atomic E-state index is 12.8. The zero-order valence-electron chi connectivity index (χ0n) is 15.9. The number of halogens is 1. The monoisotopic (exact) mass is 498 g/mol. The molecule has 8 nitrogen and oxygen atoms in total. The molecule has 1 saturated heterocycles. The van der Waals surface area contributed by atoms with Crippen molar-refractivity contribution in [3.8, 4) is 11.3 Å². The molecule has 0 aliphatic carbocycles. The lowest BCUT2D eigenvalue weighted by Crippen LogP contribution is -2.44. The molecular formula is C19H15ClN2O6S3. The molecule has 1 aliphatic heterocycles. The number of carboxylic acid groups (broad SMARTS) is 1. The minimum atomic E-state index is -1.11. The second kappa shape index (κ2) is 9.86. The van der Waals surface area contributed by atoms with Gasteiger partial charge in [0.05, 0.1) is 14.9 Å². The molecule has 0 bridgehead atoms. The number of hydrogen-bond donors (Lipinski definition) is 1. The van der Waals surface area contributed by atoms with Crippen molar-refractivity contribution in [2.45, 2.75) is 12.5 Å². The van der Waals surface area contributed by atoms with E-state index in [0.717, 1.165) is 16.7 Å². The van der Waals surface area contributed by atoms with Gasteiger partial charge in [-0.3, -0.25) is 19.8 Å². The largest absolute Gasteiger partial charge is 0.480 e. The van der Waals surface area contributed by atoms with Crippen LogP contribution in [0.3, 0.4) is 0 Å². The van der Waals surface area contributed by atoms with E-state index in [9.17, 15) is 24.8 Å². The highest BCUT2D eigenvalue weighted by Crippen LogP contribution is 2.37. The lowest BCUT2D eigenvalue weighted by Gasteiger charge is -2.22. The number of nitro groups is 1. The first-order valence-corrected chi connectivity index (χ1v) is 11.8. The Hall–Kier alpha value is -2.34. The van der Waals surface area contributed by atoms with Gasteiger partial charge in [0, 0.05) is 23.8 Å². The first kappa shape index (κ1) is 23.3. The molecule has 1 fully saturated rings. The molecule has 31 heavy (non-hydrogen) atoms. The summed E-state index contributed by atoms with van der Waals surface area (Å²) < 4.78 is 5.90. The molecule has 0 saturated carbocycles. The van der Waals surface area contributed by atoms with E-state index >= 15 is 0 Å². The van der Waals surface area contributed by atoms with Gasteiger partial charge in [-0.15, -0.1) is 0 Å². The minimum Gasteiger partial charge on any atom is -0.480 e. The average Bonchev–Trinajstić information content (AvgIpc) is 3.27. The Morgan fingerprint density at radius 1 is 1.45 bits per heavy atom. The van der Waals surface area contributed by atoms with E-state index in [1.54, 1.807) is 12.1 Å². The molecule has 12 heteroatoms. The zero-order valence-corrected chi connectivity index (χ0v) is 19.1. The van der Waals surface area contributed by atoms with Gasteiger partial charge in [0.15, 0.2) is 0 Å². The fourth-order valence-electron chi connectivity index (χ4n) is 2.86. The van der Waals surface area contributed by atoms with Crippen molar-refractivity contribution < 1.29 is 24.0 Å². The van der Waals surface area contributed by atoms with Crippen LogP contribution >= 0.6 is 47.3 Å². The molecule has 1 aromatic heterocycles. The summed E-state index contributed by atoms with van der Waals surface area (Å²) in [5.74, 6) is -0.328. The Balaban J connectivity index is 1.84. The average molecular weight is 499 g/mol. The minimum absolute atomic E-state index is 0.140. The fraction of sp³-hybridized carbons (Fsp3) is 0.211. The SMILES string of the molecule is CSCCC(C(=O)O)N1C(=O)C(=Cc2ccc(-c3ccc([N+](=O)[O-])cc3Cl)o2)SC1=S. The third-order valence-corrected chi connectivity index (χ3v) is 6.63. The number of thioether (sulfide) groups is 2. The highest BCUT2D eigenvalue weighted by atomic mass is 35.5. The smallest absolute Gasteiger partial charge is 0.326 e. The second-order valence-electron chi connectivity index (χ2n) is 6.31. The zero-order chi connectivity index (χ0) is 22.7. The fourth-order valence-corrected chi connectivity index (χ4v) is 4.93. The maximum absolute atomic E-state index is 12.8. The number of nitro benzene ring substituents is 1. The van der Waals surface area contributed by atoms with Crippen molar-refractivity contribution in [1.29, 1.82) is 0 Å². The number of rotatable bonds is 8. The van der Waals surface area contributed by atoms with Crippen LogP contribution in [0.4, 0.5) is 5.69 Å². The second-order valence-corrected chi connectivity index (χ2v) is 9.38. The summed E-state index contributed by atoms with van der Waals surface area (Å²) in [6.45, 7) is 0. The van der Waals surface area contributed by atoms with Crippen LogP contribution in [0.25, 0.3) is 17.4 Å². The van der Waals surface area contributed by atoms with Gasteiger partial charge in [-0.05, 0) is 36.6 Å². The number of aliphatic carboxylic acids is 1. The summed E-state index contributed by atoms with van der Waals surface area (Å²) in [5, 5.41) is 20.5. The molecule has 1 N–H and O–H groups in total. The molecule has 1 amide bonds. The van der Waals surface area contributed by atoms with Crippen LogP contribution in [0.5, 0.6) is 0 Å². The first-order chi connectivity index (χ1) is 14.7. The normalized spacial score (nSPS) is 16.2. The van der Waals surface area contributed by atoms with Crippen molar-refractivity contribution in [3.05, 3.63) is 56.1 Å². The van der Waals surface area contributed by atoms with Crippen LogP contribution in [0.1, 0.15) is 12.2 Å². The number of thiocarbonyl (C=S) groups is 1. The number of amides is 1. The summed E-state index contributed by atoms with van der Waals surface area (Å²) in [4.78, 5) is 36.1. The quantitative estimate of drug-likeness (QED) is 0.234. The third kappa shape index (κ3) is 5.12. The van der Waals surface area contributed by atoms with Gasteiger partial charge in [0.1, 0.15) is 21.9 Å². The van der Waals surface area contributed by atoms with Gasteiger partial charge < -0.3 is 9.52 Å². The van der Waals surface area contributed by atoms with E-state index in [0.29, 0.717) is 22.8 Å². The van der Waals surface area contributed by atoms with Gasteiger partial charge in [-0.1, -0.05) is 35.6 Å². The first-order valence-electron chi connectivity index (χ1n) is 8.76. The number of non-ortho nitro benzene ring substituents is 1.